The zero-order chi connectivity index (χ0) is 18.5. The molecule has 1 atom stereocenters. The highest BCUT2D eigenvalue weighted by Gasteiger charge is 2.18. The Labute approximate surface area is 160 Å². The first-order chi connectivity index (χ1) is 13.3. The smallest absolute Gasteiger partial charge is 0.118 e. The monoisotopic (exact) mass is 353 g/mol. The molecule has 0 bridgehead atoms. The molecular formula is C25H23NO. The average Bonchev–Trinajstić information content (AvgIpc) is 2.95. The van der Waals surface area contributed by atoms with E-state index in [2.05, 4.69) is 77.8 Å². The number of fused-ring (bicyclic) bond motifs is 1. The van der Waals surface area contributed by atoms with E-state index in [0.29, 0.717) is 5.92 Å². The molecule has 27 heavy (non-hydrogen) atoms. The minimum absolute atomic E-state index is 0.387. The molecule has 0 fully saturated rings. The number of para-hydroxylation sites is 1. The van der Waals surface area contributed by atoms with Crippen molar-refractivity contribution in [3.63, 3.8) is 0 Å². The van der Waals surface area contributed by atoms with Crippen molar-refractivity contribution >= 4 is 24.1 Å². The standard InChI is InChI=1S/C25H23NO/c1-27-22-15-13-19(14-16-22)11-12-20-6-4-7-21(18-20)23-9-5-17-26-25-10-3-2-8-24(23)25/h2-4,6-8,10-18,23H,5,9H2,1H3. The molecule has 1 unspecified atom stereocenters. The molecule has 0 aliphatic carbocycles. The summed E-state index contributed by atoms with van der Waals surface area (Å²) in [7, 11) is 1.69. The van der Waals surface area contributed by atoms with Crippen molar-refractivity contribution in [1.29, 1.82) is 0 Å². The number of nitrogens with zero attached hydrogens (tertiary/aromatic N) is 1. The molecule has 0 N–H and O–H groups in total. The van der Waals surface area contributed by atoms with Gasteiger partial charge < -0.3 is 4.74 Å². The first kappa shape index (κ1) is 17.3. The normalized spacial score (nSPS) is 16.1. The van der Waals surface area contributed by atoms with E-state index in [-0.39, 0.29) is 0 Å². The van der Waals surface area contributed by atoms with E-state index in [1.165, 1.54) is 16.7 Å². The molecule has 3 aromatic carbocycles. The Kier molecular flexibility index (Phi) is 5.15. The summed E-state index contributed by atoms with van der Waals surface area (Å²) in [5.41, 5.74) is 6.15. The second kappa shape index (κ2) is 8.05. The molecule has 1 heterocycles. The van der Waals surface area contributed by atoms with Gasteiger partial charge in [-0.05, 0) is 53.3 Å². The summed E-state index contributed by atoms with van der Waals surface area (Å²) < 4.78 is 5.22. The first-order valence-electron chi connectivity index (χ1n) is 9.37. The van der Waals surface area contributed by atoms with Gasteiger partial charge in [0.25, 0.3) is 0 Å². The lowest BCUT2D eigenvalue weighted by atomic mass is 9.86. The average molecular weight is 353 g/mol. The van der Waals surface area contributed by atoms with Gasteiger partial charge in [-0.15, -0.1) is 0 Å². The lowest BCUT2D eigenvalue weighted by Gasteiger charge is -2.18. The van der Waals surface area contributed by atoms with Gasteiger partial charge in [0.05, 0.1) is 12.8 Å². The quantitative estimate of drug-likeness (QED) is 0.491. The van der Waals surface area contributed by atoms with Crippen LogP contribution in [0.1, 0.15) is 41.0 Å². The summed E-state index contributed by atoms with van der Waals surface area (Å²) in [6.07, 6.45) is 8.46. The third-order valence-electron chi connectivity index (χ3n) is 5.02. The molecule has 1 aliphatic heterocycles. The van der Waals surface area contributed by atoms with Gasteiger partial charge in [0.1, 0.15) is 5.75 Å². The Balaban J connectivity index is 1.60. The fraction of sp³-hybridized carbons (Fsp3) is 0.160. The lowest BCUT2D eigenvalue weighted by molar-refractivity contribution is 0.415. The molecule has 134 valence electrons. The molecule has 1 aliphatic rings. The van der Waals surface area contributed by atoms with Gasteiger partial charge in [-0.2, -0.15) is 0 Å². The number of ether oxygens (including phenoxy) is 1. The summed E-state index contributed by atoms with van der Waals surface area (Å²) in [6.45, 7) is 0. The molecule has 3 aromatic rings. The van der Waals surface area contributed by atoms with E-state index < -0.39 is 0 Å². The summed E-state index contributed by atoms with van der Waals surface area (Å²) in [5, 5.41) is 0. The van der Waals surface area contributed by atoms with Gasteiger partial charge in [0, 0.05) is 12.1 Å². The third kappa shape index (κ3) is 4.01. The summed E-state index contributed by atoms with van der Waals surface area (Å²) >= 11 is 0. The van der Waals surface area contributed by atoms with Crippen molar-refractivity contribution in [3.8, 4) is 5.75 Å². The molecule has 0 spiro atoms. The molecule has 2 nitrogen and oxygen atoms in total. The number of hydrogen-bond donors (Lipinski definition) is 0. The molecule has 0 saturated carbocycles. The number of benzene rings is 3. The summed E-state index contributed by atoms with van der Waals surface area (Å²) in [5.74, 6) is 1.27. The number of rotatable bonds is 4. The maximum atomic E-state index is 5.22. The molecule has 2 heteroatoms. The minimum atomic E-state index is 0.387. The van der Waals surface area contributed by atoms with Crippen LogP contribution in [-0.4, -0.2) is 13.3 Å². The van der Waals surface area contributed by atoms with E-state index in [1.54, 1.807) is 7.11 Å². The zero-order valence-electron chi connectivity index (χ0n) is 15.5. The fourth-order valence-electron chi connectivity index (χ4n) is 3.59. The van der Waals surface area contributed by atoms with Gasteiger partial charge in [0.15, 0.2) is 0 Å². The van der Waals surface area contributed by atoms with E-state index in [9.17, 15) is 0 Å². The van der Waals surface area contributed by atoms with Crippen LogP contribution in [0.5, 0.6) is 5.75 Å². The lowest BCUT2D eigenvalue weighted by Crippen LogP contribution is -2.01. The van der Waals surface area contributed by atoms with Crippen LogP contribution in [0.4, 0.5) is 5.69 Å². The van der Waals surface area contributed by atoms with Crippen LogP contribution in [0.2, 0.25) is 0 Å². The number of methoxy groups -OCH3 is 1. The topological polar surface area (TPSA) is 21.6 Å². The Bertz CT molecular complexity index is 970. The van der Waals surface area contributed by atoms with Gasteiger partial charge >= 0.3 is 0 Å². The third-order valence-corrected chi connectivity index (χ3v) is 5.02. The van der Waals surface area contributed by atoms with Crippen LogP contribution in [0.15, 0.2) is 77.8 Å². The highest BCUT2D eigenvalue weighted by Crippen LogP contribution is 2.37. The Morgan fingerprint density at radius 3 is 2.56 bits per heavy atom. The van der Waals surface area contributed by atoms with E-state index >= 15 is 0 Å². The van der Waals surface area contributed by atoms with Crippen LogP contribution in [0.25, 0.3) is 12.2 Å². The number of aliphatic imine (C=N–C) groups is 1. The largest absolute Gasteiger partial charge is 0.497 e. The maximum Gasteiger partial charge on any atom is 0.118 e. The summed E-state index contributed by atoms with van der Waals surface area (Å²) in [6, 6.07) is 25.4. The van der Waals surface area contributed by atoms with Crippen LogP contribution in [-0.2, 0) is 0 Å². The van der Waals surface area contributed by atoms with Crippen molar-refractivity contribution in [3.05, 3.63) is 95.1 Å². The Morgan fingerprint density at radius 2 is 1.70 bits per heavy atom. The summed E-state index contributed by atoms with van der Waals surface area (Å²) in [4.78, 5) is 4.63. The second-order valence-corrected chi connectivity index (χ2v) is 6.78. The van der Waals surface area contributed by atoms with Gasteiger partial charge in [-0.25, -0.2) is 0 Å². The van der Waals surface area contributed by atoms with Crippen LogP contribution in [0, 0.1) is 0 Å². The van der Waals surface area contributed by atoms with Crippen molar-refractivity contribution < 1.29 is 4.74 Å². The Hall–Kier alpha value is -3.13. The first-order valence-corrected chi connectivity index (χ1v) is 9.37. The molecule has 0 saturated heterocycles. The van der Waals surface area contributed by atoms with Gasteiger partial charge in [0.2, 0.25) is 0 Å². The van der Waals surface area contributed by atoms with Crippen LogP contribution >= 0.6 is 0 Å². The molecule has 4 rings (SSSR count). The van der Waals surface area contributed by atoms with Crippen molar-refractivity contribution in [2.24, 2.45) is 4.99 Å². The molecule has 0 aromatic heterocycles. The second-order valence-electron chi connectivity index (χ2n) is 6.78. The van der Waals surface area contributed by atoms with Crippen LogP contribution < -0.4 is 4.74 Å². The minimum Gasteiger partial charge on any atom is -0.497 e. The van der Waals surface area contributed by atoms with Gasteiger partial charge in [-0.1, -0.05) is 66.7 Å². The Morgan fingerprint density at radius 1 is 0.889 bits per heavy atom. The van der Waals surface area contributed by atoms with Crippen LogP contribution in [0.3, 0.4) is 0 Å². The van der Waals surface area contributed by atoms with E-state index in [0.717, 1.165) is 29.8 Å². The van der Waals surface area contributed by atoms with Crippen molar-refractivity contribution in [1.82, 2.24) is 0 Å². The molecular weight excluding hydrogens is 330 g/mol. The van der Waals surface area contributed by atoms with Crippen molar-refractivity contribution in [2.75, 3.05) is 7.11 Å². The SMILES string of the molecule is COc1ccc(C=Cc2cccc(C3CCC=Nc4ccccc43)c2)cc1. The predicted octanol–water partition coefficient (Wildman–Crippen LogP) is 6.49. The predicted molar refractivity (Wildman–Crippen MR) is 114 cm³/mol. The molecule has 0 radical (unpaired) electrons. The van der Waals surface area contributed by atoms with Gasteiger partial charge in [-0.3, -0.25) is 4.99 Å². The molecule has 0 amide bonds. The highest BCUT2D eigenvalue weighted by atomic mass is 16.5. The van der Waals surface area contributed by atoms with E-state index in [1.807, 2.05) is 18.3 Å². The highest BCUT2D eigenvalue weighted by molar-refractivity contribution is 5.71. The zero-order valence-corrected chi connectivity index (χ0v) is 15.5. The van der Waals surface area contributed by atoms with Crippen molar-refractivity contribution in [2.45, 2.75) is 18.8 Å². The fourth-order valence-corrected chi connectivity index (χ4v) is 3.59. The number of hydrogen-bond acceptors (Lipinski definition) is 2. The maximum absolute atomic E-state index is 5.22. The van der Waals surface area contributed by atoms with E-state index in [4.69, 9.17) is 4.74 Å².